The molecule has 0 saturated heterocycles. The molecule has 1 amide bonds. The zero-order valence-corrected chi connectivity index (χ0v) is 44.9. The van der Waals surface area contributed by atoms with Crippen molar-refractivity contribution in [2.75, 3.05) is 13.2 Å². The highest BCUT2D eigenvalue weighted by Gasteiger charge is 2.18. The number of carbonyl (C=O) groups is 2. The Bertz CT molecular complexity index is 1090. The Morgan fingerprint density at radius 3 is 1.07 bits per heavy atom. The van der Waals surface area contributed by atoms with E-state index in [9.17, 15) is 19.8 Å². The fraction of sp³-hybridized carbons (Fsp3) is 0.869. The number of aliphatic hydroxyl groups excluding tert-OH is 2. The van der Waals surface area contributed by atoms with Gasteiger partial charge in [-0.25, -0.2) is 0 Å². The Labute approximate surface area is 417 Å². The monoisotopic (exact) mass is 942 g/mol. The van der Waals surface area contributed by atoms with E-state index in [1.807, 2.05) is 6.08 Å². The molecule has 2 atom stereocenters. The van der Waals surface area contributed by atoms with E-state index >= 15 is 0 Å². The average Bonchev–Trinajstić information content (AvgIpc) is 3.33. The Hall–Kier alpha value is -1.92. The average molecular weight is 943 g/mol. The minimum absolute atomic E-state index is 0.00386. The number of carbonyl (C=O) groups excluding carboxylic acids is 2. The second kappa shape index (κ2) is 56.7. The molecule has 0 aromatic rings. The molecular weight excluding hydrogens is 827 g/mol. The predicted octanol–water partition coefficient (Wildman–Crippen LogP) is 18.4. The van der Waals surface area contributed by atoms with Crippen LogP contribution in [0.25, 0.3) is 0 Å². The number of hydrogen-bond acceptors (Lipinski definition) is 5. The quantitative estimate of drug-likeness (QED) is 0.0321. The molecule has 6 heteroatoms. The SMILES string of the molecule is CCCCCC/C=C\CCCCCCCC(=O)OCCCCCCCCCCC/C=C\CCCCCCCCCC(=O)NC(CO)C(O)/C=C/CCCCCCCCCCCCCCCCC. The molecule has 0 bridgehead atoms. The Balaban J connectivity index is 3.47. The van der Waals surface area contributed by atoms with Gasteiger partial charge in [-0.3, -0.25) is 9.59 Å². The molecule has 0 fully saturated rings. The number of hydrogen-bond donors (Lipinski definition) is 3. The van der Waals surface area contributed by atoms with Crippen LogP contribution in [0.15, 0.2) is 36.5 Å². The highest BCUT2D eigenvalue weighted by atomic mass is 16.5. The van der Waals surface area contributed by atoms with E-state index in [4.69, 9.17) is 4.74 Å². The van der Waals surface area contributed by atoms with Gasteiger partial charge >= 0.3 is 5.97 Å². The number of ether oxygens (including phenoxy) is 1. The molecule has 0 rings (SSSR count). The van der Waals surface area contributed by atoms with Gasteiger partial charge in [-0.1, -0.05) is 256 Å². The van der Waals surface area contributed by atoms with E-state index in [0.717, 1.165) is 51.4 Å². The van der Waals surface area contributed by atoms with Crippen LogP contribution in [0.1, 0.15) is 316 Å². The van der Waals surface area contributed by atoms with Crippen molar-refractivity contribution in [3.05, 3.63) is 36.5 Å². The Morgan fingerprint density at radius 1 is 0.403 bits per heavy atom. The molecule has 6 nitrogen and oxygen atoms in total. The fourth-order valence-electron chi connectivity index (χ4n) is 9.03. The van der Waals surface area contributed by atoms with E-state index in [0.29, 0.717) is 19.4 Å². The van der Waals surface area contributed by atoms with Crippen molar-refractivity contribution in [3.8, 4) is 0 Å². The summed E-state index contributed by atoms with van der Waals surface area (Å²) in [6.07, 6.45) is 70.2. The van der Waals surface area contributed by atoms with Gasteiger partial charge in [0.2, 0.25) is 5.91 Å². The van der Waals surface area contributed by atoms with Gasteiger partial charge in [0.15, 0.2) is 0 Å². The number of nitrogens with one attached hydrogen (secondary N) is 1. The molecule has 0 aliphatic heterocycles. The zero-order valence-electron chi connectivity index (χ0n) is 44.9. The maximum Gasteiger partial charge on any atom is 0.305 e. The maximum atomic E-state index is 12.5. The largest absolute Gasteiger partial charge is 0.466 e. The Kier molecular flexibility index (Phi) is 55.0. The summed E-state index contributed by atoms with van der Waals surface area (Å²) in [6.45, 7) is 4.89. The molecular formula is C61H115NO5. The summed E-state index contributed by atoms with van der Waals surface area (Å²) in [4.78, 5) is 24.5. The number of rotatable bonds is 55. The van der Waals surface area contributed by atoms with E-state index in [1.165, 1.54) is 238 Å². The molecule has 0 aromatic heterocycles. The lowest BCUT2D eigenvalue weighted by atomic mass is 10.0. The first kappa shape index (κ1) is 65.1. The summed E-state index contributed by atoms with van der Waals surface area (Å²) in [7, 11) is 0. The van der Waals surface area contributed by atoms with E-state index in [2.05, 4.69) is 43.5 Å². The third kappa shape index (κ3) is 53.3. The lowest BCUT2D eigenvalue weighted by molar-refractivity contribution is -0.143. The number of aliphatic hydroxyl groups is 2. The van der Waals surface area contributed by atoms with Crippen molar-refractivity contribution < 1.29 is 24.5 Å². The van der Waals surface area contributed by atoms with E-state index in [-0.39, 0.29) is 18.5 Å². The van der Waals surface area contributed by atoms with Crippen LogP contribution < -0.4 is 5.32 Å². The zero-order chi connectivity index (χ0) is 48.6. The first-order valence-corrected chi connectivity index (χ1v) is 29.8. The topological polar surface area (TPSA) is 95.9 Å². The second-order valence-electron chi connectivity index (χ2n) is 20.3. The second-order valence-corrected chi connectivity index (χ2v) is 20.3. The molecule has 0 aromatic carbocycles. The molecule has 0 aliphatic carbocycles. The van der Waals surface area contributed by atoms with Gasteiger partial charge in [-0.15, -0.1) is 0 Å². The van der Waals surface area contributed by atoms with Gasteiger partial charge in [0.1, 0.15) is 0 Å². The molecule has 0 heterocycles. The first-order valence-electron chi connectivity index (χ1n) is 29.8. The minimum atomic E-state index is -0.850. The molecule has 394 valence electrons. The molecule has 0 radical (unpaired) electrons. The number of esters is 1. The summed E-state index contributed by atoms with van der Waals surface area (Å²) in [6, 6.07) is -0.635. The standard InChI is InChI=1S/C61H115NO5/c1-3-5-7-9-11-13-15-17-18-23-26-30-33-37-41-45-49-53-59(64)58(57-63)62-60(65)54-50-46-42-38-34-31-27-24-21-19-20-22-25-28-32-36-40-44-48-52-56-67-61(66)55-51-47-43-39-35-29-16-14-12-10-8-6-4-2/h14,16,19,21,49,53,58-59,63-64H,3-13,15,17-18,20,22-48,50-52,54-57H2,1-2H3,(H,62,65)/b16-14-,21-19-,53-49+. The summed E-state index contributed by atoms with van der Waals surface area (Å²) in [5.74, 6) is -0.0793. The van der Waals surface area contributed by atoms with Crippen molar-refractivity contribution in [3.63, 3.8) is 0 Å². The third-order valence-electron chi connectivity index (χ3n) is 13.6. The van der Waals surface area contributed by atoms with E-state index < -0.39 is 12.1 Å². The third-order valence-corrected chi connectivity index (χ3v) is 13.6. The van der Waals surface area contributed by atoms with Crippen LogP contribution in [-0.2, 0) is 14.3 Å². The maximum absolute atomic E-state index is 12.5. The van der Waals surface area contributed by atoms with Gasteiger partial charge < -0.3 is 20.3 Å². The van der Waals surface area contributed by atoms with Crippen molar-refractivity contribution >= 4 is 11.9 Å². The highest BCUT2D eigenvalue weighted by molar-refractivity contribution is 5.76. The van der Waals surface area contributed by atoms with Gasteiger partial charge in [0.25, 0.3) is 0 Å². The summed E-state index contributed by atoms with van der Waals surface area (Å²) < 4.78 is 5.46. The van der Waals surface area contributed by atoms with E-state index in [1.54, 1.807) is 6.08 Å². The lowest BCUT2D eigenvalue weighted by Crippen LogP contribution is -2.45. The highest BCUT2D eigenvalue weighted by Crippen LogP contribution is 2.16. The summed E-state index contributed by atoms with van der Waals surface area (Å²) in [5.41, 5.74) is 0. The smallest absolute Gasteiger partial charge is 0.305 e. The van der Waals surface area contributed by atoms with Gasteiger partial charge in [0.05, 0.1) is 25.4 Å². The van der Waals surface area contributed by atoms with Crippen molar-refractivity contribution in [1.82, 2.24) is 5.32 Å². The van der Waals surface area contributed by atoms with Gasteiger partial charge in [-0.2, -0.15) is 0 Å². The fourth-order valence-corrected chi connectivity index (χ4v) is 9.03. The first-order chi connectivity index (χ1) is 33.0. The molecule has 2 unspecified atom stereocenters. The van der Waals surface area contributed by atoms with Crippen LogP contribution >= 0.6 is 0 Å². The minimum Gasteiger partial charge on any atom is -0.466 e. The van der Waals surface area contributed by atoms with Crippen molar-refractivity contribution in [2.45, 2.75) is 328 Å². The van der Waals surface area contributed by atoms with Gasteiger partial charge in [-0.05, 0) is 83.5 Å². The number of amides is 1. The number of unbranched alkanes of at least 4 members (excludes halogenated alkanes) is 40. The van der Waals surface area contributed by atoms with Crippen LogP contribution in [0.4, 0.5) is 0 Å². The molecule has 67 heavy (non-hydrogen) atoms. The van der Waals surface area contributed by atoms with Crippen LogP contribution in [-0.4, -0.2) is 47.4 Å². The normalized spacial score (nSPS) is 12.8. The number of allylic oxidation sites excluding steroid dienone is 5. The Morgan fingerprint density at radius 2 is 0.701 bits per heavy atom. The molecule has 0 saturated carbocycles. The van der Waals surface area contributed by atoms with Crippen LogP contribution in [0, 0.1) is 0 Å². The summed E-state index contributed by atoms with van der Waals surface area (Å²) in [5, 5.41) is 23.1. The molecule has 3 N–H and O–H groups in total. The van der Waals surface area contributed by atoms with Crippen molar-refractivity contribution in [1.29, 1.82) is 0 Å². The molecule has 0 aliphatic rings. The van der Waals surface area contributed by atoms with Crippen LogP contribution in [0.2, 0.25) is 0 Å². The predicted molar refractivity (Wildman–Crippen MR) is 292 cm³/mol. The molecule has 0 spiro atoms. The van der Waals surface area contributed by atoms with Crippen molar-refractivity contribution in [2.24, 2.45) is 0 Å². The summed E-state index contributed by atoms with van der Waals surface area (Å²) >= 11 is 0. The lowest BCUT2D eigenvalue weighted by Gasteiger charge is -2.20. The van der Waals surface area contributed by atoms with Crippen LogP contribution in [0.5, 0.6) is 0 Å². The van der Waals surface area contributed by atoms with Gasteiger partial charge in [0, 0.05) is 12.8 Å². The van der Waals surface area contributed by atoms with Crippen LogP contribution in [0.3, 0.4) is 0 Å².